The van der Waals surface area contributed by atoms with Gasteiger partial charge in [0.15, 0.2) is 0 Å². The number of thiophene rings is 1. The van der Waals surface area contributed by atoms with E-state index in [9.17, 15) is 9.90 Å². The van der Waals surface area contributed by atoms with Crippen LogP contribution < -0.4 is 5.32 Å². The molecule has 0 radical (unpaired) electrons. The normalized spacial score (nSPS) is 28.8. The van der Waals surface area contributed by atoms with Gasteiger partial charge in [0.05, 0.1) is 18.7 Å². The molecule has 0 spiro atoms. The SMILES string of the molecule is O=C(CN1C2CCC1CC(O)(c1cccnc1)C2)NCc1cccs1. The Labute approximate surface area is 151 Å². The van der Waals surface area contributed by atoms with E-state index in [1.54, 1.807) is 23.7 Å². The molecule has 0 saturated carbocycles. The fourth-order valence-corrected chi connectivity index (χ4v) is 4.91. The van der Waals surface area contributed by atoms with Crippen molar-refractivity contribution in [3.63, 3.8) is 0 Å². The van der Waals surface area contributed by atoms with Gasteiger partial charge in [0.25, 0.3) is 0 Å². The summed E-state index contributed by atoms with van der Waals surface area (Å²) in [6, 6.07) is 8.38. The lowest BCUT2D eigenvalue weighted by molar-refractivity contribution is -0.126. The molecule has 6 heteroatoms. The molecule has 25 heavy (non-hydrogen) atoms. The van der Waals surface area contributed by atoms with Crippen LogP contribution in [0.1, 0.15) is 36.1 Å². The first-order valence-electron chi connectivity index (χ1n) is 8.82. The van der Waals surface area contributed by atoms with Crippen molar-refractivity contribution in [1.82, 2.24) is 15.2 Å². The Morgan fingerprint density at radius 2 is 2.12 bits per heavy atom. The van der Waals surface area contributed by atoms with Crippen LogP contribution in [-0.4, -0.2) is 39.5 Å². The number of hydrogen-bond donors (Lipinski definition) is 2. The summed E-state index contributed by atoms with van der Waals surface area (Å²) >= 11 is 1.65. The van der Waals surface area contributed by atoms with Crippen LogP contribution in [-0.2, 0) is 16.9 Å². The standard InChI is InChI=1S/C19H23N3O2S/c23-18(21-12-17-4-2-8-25-17)13-22-15-5-6-16(22)10-19(24,9-15)14-3-1-7-20-11-14/h1-4,7-8,11,15-16,24H,5-6,9-10,12-13H2,(H,21,23). The average molecular weight is 357 g/mol. The van der Waals surface area contributed by atoms with Crippen LogP contribution in [0.2, 0.25) is 0 Å². The molecule has 4 heterocycles. The highest BCUT2D eigenvalue weighted by Gasteiger charge is 2.48. The lowest BCUT2D eigenvalue weighted by Crippen LogP contribution is -2.52. The zero-order chi connectivity index (χ0) is 17.3. The molecule has 2 fully saturated rings. The van der Waals surface area contributed by atoms with E-state index in [1.807, 2.05) is 29.6 Å². The third-order valence-corrected chi connectivity index (χ3v) is 6.36. The number of carbonyl (C=O) groups is 1. The van der Waals surface area contributed by atoms with Gasteiger partial charge in [-0.2, -0.15) is 0 Å². The number of piperidine rings is 1. The molecule has 2 unspecified atom stereocenters. The Balaban J connectivity index is 1.38. The van der Waals surface area contributed by atoms with Crippen LogP contribution in [0.25, 0.3) is 0 Å². The van der Waals surface area contributed by atoms with Crippen molar-refractivity contribution >= 4 is 17.2 Å². The number of pyridine rings is 1. The topological polar surface area (TPSA) is 65.5 Å². The van der Waals surface area contributed by atoms with Crippen molar-refractivity contribution in [1.29, 1.82) is 0 Å². The van der Waals surface area contributed by atoms with Crippen LogP contribution in [0.3, 0.4) is 0 Å². The monoisotopic (exact) mass is 357 g/mol. The highest BCUT2D eigenvalue weighted by atomic mass is 32.1. The van der Waals surface area contributed by atoms with Crippen molar-refractivity contribution in [2.45, 2.75) is 49.9 Å². The van der Waals surface area contributed by atoms with E-state index in [0.717, 1.165) is 18.4 Å². The molecule has 0 aromatic carbocycles. The molecule has 4 rings (SSSR count). The summed E-state index contributed by atoms with van der Waals surface area (Å²) in [6.45, 7) is 1.02. The molecule has 2 aromatic heterocycles. The molecule has 132 valence electrons. The fourth-order valence-electron chi connectivity index (χ4n) is 4.27. The van der Waals surface area contributed by atoms with Crippen molar-refractivity contribution in [3.05, 3.63) is 52.5 Å². The van der Waals surface area contributed by atoms with Crippen LogP contribution in [0, 0.1) is 0 Å². The summed E-state index contributed by atoms with van der Waals surface area (Å²) in [7, 11) is 0. The number of hydrogen-bond acceptors (Lipinski definition) is 5. The maximum absolute atomic E-state index is 12.3. The number of amides is 1. The van der Waals surface area contributed by atoms with E-state index in [1.165, 1.54) is 4.88 Å². The molecule has 2 saturated heterocycles. The van der Waals surface area contributed by atoms with Gasteiger partial charge >= 0.3 is 0 Å². The molecule has 5 nitrogen and oxygen atoms in total. The summed E-state index contributed by atoms with van der Waals surface area (Å²) in [6.07, 6.45) is 6.94. The quantitative estimate of drug-likeness (QED) is 0.862. The lowest BCUT2D eigenvalue weighted by Gasteiger charge is -2.43. The third-order valence-electron chi connectivity index (χ3n) is 5.48. The van der Waals surface area contributed by atoms with Gasteiger partial charge in [0, 0.05) is 34.9 Å². The summed E-state index contributed by atoms with van der Waals surface area (Å²) in [4.78, 5) is 19.9. The summed E-state index contributed by atoms with van der Waals surface area (Å²) < 4.78 is 0. The highest BCUT2D eigenvalue weighted by molar-refractivity contribution is 7.09. The molecule has 2 atom stereocenters. The van der Waals surface area contributed by atoms with Crippen LogP contribution in [0.15, 0.2) is 42.0 Å². The first kappa shape index (κ1) is 16.7. The summed E-state index contributed by atoms with van der Waals surface area (Å²) in [5.41, 5.74) is 0.0815. The van der Waals surface area contributed by atoms with Gasteiger partial charge in [-0.15, -0.1) is 11.3 Å². The van der Waals surface area contributed by atoms with Gasteiger partial charge in [-0.25, -0.2) is 0 Å². The maximum Gasteiger partial charge on any atom is 0.234 e. The summed E-state index contributed by atoms with van der Waals surface area (Å²) in [5, 5.41) is 16.2. The molecule has 2 N–H and O–H groups in total. The Bertz CT molecular complexity index is 706. The first-order chi connectivity index (χ1) is 12.1. The number of nitrogens with zero attached hydrogens (tertiary/aromatic N) is 2. The maximum atomic E-state index is 12.3. The molecule has 0 aliphatic carbocycles. The number of nitrogens with one attached hydrogen (secondary N) is 1. The van der Waals surface area contributed by atoms with Crippen LogP contribution >= 0.6 is 11.3 Å². The smallest absolute Gasteiger partial charge is 0.234 e. The van der Waals surface area contributed by atoms with Crippen molar-refractivity contribution < 1.29 is 9.90 Å². The number of rotatable bonds is 5. The van der Waals surface area contributed by atoms with Gasteiger partial charge in [-0.1, -0.05) is 12.1 Å². The second-order valence-corrected chi connectivity index (χ2v) is 8.13. The Kier molecular flexibility index (Phi) is 4.58. The van der Waals surface area contributed by atoms with Crippen molar-refractivity contribution in [2.24, 2.45) is 0 Å². The largest absolute Gasteiger partial charge is 0.385 e. The predicted molar refractivity (Wildman–Crippen MR) is 97.0 cm³/mol. The second kappa shape index (κ2) is 6.86. The van der Waals surface area contributed by atoms with Crippen LogP contribution in [0.4, 0.5) is 0 Å². The zero-order valence-corrected chi connectivity index (χ0v) is 14.9. The van der Waals surface area contributed by atoms with Crippen LogP contribution in [0.5, 0.6) is 0 Å². The minimum absolute atomic E-state index is 0.0668. The molecule has 1 amide bonds. The summed E-state index contributed by atoms with van der Waals surface area (Å²) in [5.74, 6) is 0.0668. The second-order valence-electron chi connectivity index (χ2n) is 7.09. The predicted octanol–water partition coefficient (Wildman–Crippen LogP) is 2.27. The Hall–Kier alpha value is -1.76. The van der Waals surface area contributed by atoms with E-state index in [4.69, 9.17) is 0 Å². The molecule has 2 bridgehead atoms. The van der Waals surface area contributed by atoms with Gasteiger partial charge < -0.3 is 10.4 Å². The fraction of sp³-hybridized carbons (Fsp3) is 0.474. The minimum atomic E-state index is -0.815. The third kappa shape index (κ3) is 3.47. The van der Waals surface area contributed by atoms with E-state index in [-0.39, 0.29) is 18.0 Å². The molecular formula is C19H23N3O2S. The van der Waals surface area contributed by atoms with E-state index >= 15 is 0 Å². The van der Waals surface area contributed by atoms with Gasteiger partial charge in [0.1, 0.15) is 0 Å². The lowest BCUT2D eigenvalue weighted by atomic mass is 9.81. The number of fused-ring (bicyclic) bond motifs is 2. The minimum Gasteiger partial charge on any atom is -0.385 e. The van der Waals surface area contributed by atoms with E-state index in [0.29, 0.717) is 25.9 Å². The van der Waals surface area contributed by atoms with Crippen molar-refractivity contribution in [3.8, 4) is 0 Å². The van der Waals surface area contributed by atoms with E-state index in [2.05, 4.69) is 15.2 Å². The van der Waals surface area contributed by atoms with Gasteiger partial charge in [-0.05, 0) is 43.2 Å². The first-order valence-corrected chi connectivity index (χ1v) is 9.70. The van der Waals surface area contributed by atoms with Gasteiger partial charge in [-0.3, -0.25) is 14.7 Å². The Morgan fingerprint density at radius 1 is 1.32 bits per heavy atom. The van der Waals surface area contributed by atoms with Crippen molar-refractivity contribution in [2.75, 3.05) is 6.54 Å². The molecule has 2 aliphatic rings. The highest BCUT2D eigenvalue weighted by Crippen LogP contribution is 2.45. The molecule has 2 aromatic rings. The number of carbonyl (C=O) groups excluding carboxylic acids is 1. The zero-order valence-electron chi connectivity index (χ0n) is 14.1. The average Bonchev–Trinajstić information content (AvgIpc) is 3.22. The molecular weight excluding hydrogens is 334 g/mol. The Morgan fingerprint density at radius 3 is 2.76 bits per heavy atom. The van der Waals surface area contributed by atoms with Gasteiger partial charge in [0.2, 0.25) is 5.91 Å². The number of aromatic nitrogens is 1. The van der Waals surface area contributed by atoms with E-state index < -0.39 is 5.60 Å². The molecule has 2 aliphatic heterocycles. The number of aliphatic hydroxyl groups is 1.